The fourth-order valence-corrected chi connectivity index (χ4v) is 0. The van der Waals surface area contributed by atoms with Crippen LogP contribution in [0.3, 0.4) is 0 Å². The van der Waals surface area contributed by atoms with Crippen molar-refractivity contribution in [1.82, 2.24) is 0 Å². The SMILES string of the molecule is CC(=O)O.O.[Mn]. The van der Waals surface area contributed by atoms with Gasteiger partial charge in [0.2, 0.25) is 0 Å². The van der Waals surface area contributed by atoms with Gasteiger partial charge in [-0.25, -0.2) is 0 Å². The predicted octanol–water partition coefficient (Wildman–Crippen LogP) is -0.736. The first-order valence-electron chi connectivity index (χ1n) is 0.928. The zero-order valence-corrected chi connectivity index (χ0v) is 4.41. The van der Waals surface area contributed by atoms with E-state index in [2.05, 4.69) is 0 Å². The van der Waals surface area contributed by atoms with Gasteiger partial charge in [-0.15, -0.1) is 0 Å². The van der Waals surface area contributed by atoms with Gasteiger partial charge >= 0.3 is 0 Å². The molecule has 6 heavy (non-hydrogen) atoms. The van der Waals surface area contributed by atoms with Crippen molar-refractivity contribution in [3.8, 4) is 0 Å². The molecule has 0 fully saturated rings. The van der Waals surface area contributed by atoms with E-state index in [1.165, 1.54) is 0 Å². The van der Waals surface area contributed by atoms with E-state index in [0.29, 0.717) is 0 Å². The van der Waals surface area contributed by atoms with E-state index in [1.54, 1.807) is 0 Å². The number of rotatable bonds is 0. The van der Waals surface area contributed by atoms with E-state index in [1.807, 2.05) is 0 Å². The van der Waals surface area contributed by atoms with Gasteiger partial charge in [-0.3, -0.25) is 4.79 Å². The minimum atomic E-state index is -0.833. The third kappa shape index (κ3) is 13500. The first kappa shape index (κ1) is 16.8. The summed E-state index contributed by atoms with van der Waals surface area (Å²) in [6, 6.07) is 0. The Morgan fingerprint density at radius 2 is 1.67 bits per heavy atom. The van der Waals surface area contributed by atoms with E-state index in [4.69, 9.17) is 9.90 Å². The molecule has 0 amide bonds. The van der Waals surface area contributed by atoms with Crippen molar-refractivity contribution in [1.29, 1.82) is 0 Å². The summed E-state index contributed by atoms with van der Waals surface area (Å²) in [4.78, 5) is 9.00. The molecule has 0 saturated heterocycles. The number of carbonyl (C=O) groups is 1. The Hall–Kier alpha value is -0.0505. The fourth-order valence-electron chi connectivity index (χ4n) is 0. The van der Waals surface area contributed by atoms with Crippen molar-refractivity contribution in [3.05, 3.63) is 0 Å². The van der Waals surface area contributed by atoms with Gasteiger partial charge in [0.15, 0.2) is 0 Å². The maximum atomic E-state index is 9.00. The maximum absolute atomic E-state index is 9.00. The van der Waals surface area contributed by atoms with E-state index < -0.39 is 5.97 Å². The van der Waals surface area contributed by atoms with Gasteiger partial charge in [-0.1, -0.05) is 0 Å². The minimum absolute atomic E-state index is 0. The Labute approximate surface area is 46.1 Å². The summed E-state index contributed by atoms with van der Waals surface area (Å²) in [7, 11) is 0. The molecule has 1 radical (unpaired) electrons. The van der Waals surface area contributed by atoms with Gasteiger partial charge in [0, 0.05) is 24.0 Å². The van der Waals surface area contributed by atoms with Crippen LogP contribution in [0.25, 0.3) is 0 Å². The molecule has 0 aliphatic rings. The summed E-state index contributed by atoms with van der Waals surface area (Å²) in [6.45, 7) is 1.08. The Morgan fingerprint density at radius 1 is 1.67 bits per heavy atom. The molecule has 0 unspecified atom stereocenters. The quantitative estimate of drug-likeness (QED) is 0.442. The number of aliphatic carboxylic acids is 1. The number of hydrogen-bond donors (Lipinski definition) is 1. The van der Waals surface area contributed by atoms with Crippen LogP contribution in [-0.4, -0.2) is 16.6 Å². The molecule has 0 aromatic heterocycles. The molecule has 3 N–H and O–H groups in total. The van der Waals surface area contributed by atoms with Crippen molar-refractivity contribution < 1.29 is 32.4 Å². The van der Waals surface area contributed by atoms with Crippen molar-refractivity contribution in [2.45, 2.75) is 6.92 Å². The monoisotopic (exact) mass is 133 g/mol. The zero-order valence-electron chi connectivity index (χ0n) is 3.23. The second-order valence-electron chi connectivity index (χ2n) is 0.519. The van der Waals surface area contributed by atoms with Crippen LogP contribution in [0.1, 0.15) is 6.92 Å². The Balaban J connectivity index is -0.0000000450. The van der Waals surface area contributed by atoms with Crippen LogP contribution in [0, 0.1) is 0 Å². The normalized spacial score (nSPS) is 4.17. The molecule has 0 spiro atoms. The van der Waals surface area contributed by atoms with Crippen LogP contribution in [0.15, 0.2) is 0 Å². The molecule has 0 aliphatic carbocycles. The Morgan fingerprint density at radius 3 is 1.67 bits per heavy atom. The van der Waals surface area contributed by atoms with Gasteiger partial charge in [0.1, 0.15) is 0 Å². The van der Waals surface area contributed by atoms with Crippen molar-refractivity contribution in [2.24, 2.45) is 0 Å². The number of carboxylic acids is 1. The summed E-state index contributed by atoms with van der Waals surface area (Å²) in [5.74, 6) is -0.833. The van der Waals surface area contributed by atoms with Crippen molar-refractivity contribution in [2.75, 3.05) is 0 Å². The summed E-state index contributed by atoms with van der Waals surface area (Å²) in [6.07, 6.45) is 0. The van der Waals surface area contributed by atoms with Crippen LogP contribution in [-0.2, 0) is 21.9 Å². The zero-order chi connectivity index (χ0) is 3.58. The molecule has 39 valence electrons. The standard InChI is InChI=1S/C2H4O2.Mn.H2O/c1-2(3)4;;/h1H3,(H,3,4);;1H2. The van der Waals surface area contributed by atoms with Crippen LogP contribution in [0.4, 0.5) is 0 Å². The second kappa shape index (κ2) is 8.87. The van der Waals surface area contributed by atoms with Crippen LogP contribution in [0.5, 0.6) is 0 Å². The van der Waals surface area contributed by atoms with Gasteiger partial charge < -0.3 is 10.6 Å². The predicted molar refractivity (Wildman–Crippen MR) is 16.9 cm³/mol. The van der Waals surface area contributed by atoms with Crippen molar-refractivity contribution >= 4 is 5.97 Å². The molecular weight excluding hydrogens is 127 g/mol. The molecule has 0 aromatic carbocycles. The molecule has 0 aromatic rings. The summed E-state index contributed by atoms with van der Waals surface area (Å²) in [5.41, 5.74) is 0. The largest absolute Gasteiger partial charge is 0.481 e. The summed E-state index contributed by atoms with van der Waals surface area (Å²) < 4.78 is 0. The Bertz CT molecular complexity index is 31.8. The van der Waals surface area contributed by atoms with E-state index in [9.17, 15) is 0 Å². The van der Waals surface area contributed by atoms with Gasteiger partial charge in [0.25, 0.3) is 5.97 Å². The minimum Gasteiger partial charge on any atom is -0.481 e. The molecule has 0 heterocycles. The third-order valence-electron chi connectivity index (χ3n) is 0. The second-order valence-corrected chi connectivity index (χ2v) is 0.519. The molecule has 4 heteroatoms. The van der Waals surface area contributed by atoms with Gasteiger partial charge in [-0.05, 0) is 0 Å². The van der Waals surface area contributed by atoms with E-state index in [-0.39, 0.29) is 22.5 Å². The molecule has 3 nitrogen and oxygen atoms in total. The maximum Gasteiger partial charge on any atom is 0.300 e. The smallest absolute Gasteiger partial charge is 0.300 e. The van der Waals surface area contributed by atoms with E-state index in [0.717, 1.165) is 6.92 Å². The van der Waals surface area contributed by atoms with Crippen molar-refractivity contribution in [3.63, 3.8) is 0 Å². The fraction of sp³-hybridized carbons (Fsp3) is 0.500. The van der Waals surface area contributed by atoms with Gasteiger partial charge in [0.05, 0.1) is 0 Å². The summed E-state index contributed by atoms with van der Waals surface area (Å²) >= 11 is 0. The molecule has 0 aliphatic heterocycles. The van der Waals surface area contributed by atoms with Crippen LogP contribution in [0.2, 0.25) is 0 Å². The van der Waals surface area contributed by atoms with E-state index >= 15 is 0 Å². The third-order valence-corrected chi connectivity index (χ3v) is 0. The average molecular weight is 133 g/mol. The first-order valence-corrected chi connectivity index (χ1v) is 0.928. The molecule has 0 bridgehead atoms. The number of hydrogen-bond acceptors (Lipinski definition) is 1. The van der Waals surface area contributed by atoms with Crippen LogP contribution >= 0.6 is 0 Å². The van der Waals surface area contributed by atoms with Gasteiger partial charge in [-0.2, -0.15) is 0 Å². The van der Waals surface area contributed by atoms with Crippen LogP contribution < -0.4 is 0 Å². The molecular formula is C2H6MnO3. The summed E-state index contributed by atoms with van der Waals surface area (Å²) in [5, 5.41) is 7.42. The number of carboxylic acid groups (broad SMARTS) is 1. The average Bonchev–Trinajstić information content (AvgIpc) is 0.811. The molecule has 0 rings (SSSR count). The topological polar surface area (TPSA) is 68.8 Å². The first-order chi connectivity index (χ1) is 1.73. The molecule has 0 atom stereocenters. The Kier molecular flexibility index (Phi) is 24.8. The molecule has 0 saturated carbocycles.